The van der Waals surface area contributed by atoms with Crippen molar-refractivity contribution in [3.05, 3.63) is 33.5 Å². The Morgan fingerprint density at radius 3 is 1.67 bits per heavy atom. The Kier molecular flexibility index (Phi) is 13.1. The van der Waals surface area contributed by atoms with Crippen molar-refractivity contribution in [2.24, 2.45) is 0 Å². The summed E-state index contributed by atoms with van der Waals surface area (Å²) in [6, 6.07) is 2.59. The average molecular weight is 737 g/mol. The number of aliphatic carboxylic acids is 1. The first-order valence-corrected chi connectivity index (χ1v) is 20.8. The smallest absolute Gasteiger partial charge is 0.332 e. The van der Waals surface area contributed by atoms with Gasteiger partial charge in [-0.1, -0.05) is 13.8 Å². The number of nitrogens with one attached hydrogen (secondary N) is 3. The van der Waals surface area contributed by atoms with Gasteiger partial charge in [-0.25, -0.2) is 24.7 Å². The molecule has 8 rings (SSSR count). The van der Waals surface area contributed by atoms with Crippen LogP contribution in [-0.4, -0.2) is 91.4 Å². The van der Waals surface area contributed by atoms with Crippen LogP contribution in [0.15, 0.2) is 12.7 Å². The lowest BCUT2D eigenvalue weighted by molar-refractivity contribution is -0.145. The highest BCUT2D eigenvalue weighted by atomic mass is 32.1. The summed E-state index contributed by atoms with van der Waals surface area (Å²) in [5, 5.41) is 29.5. The molecular weight excluding hydrogens is 681 g/mol. The SMILES string of the molecule is CC(O)C(=O)O.CCN(C)C1CCC(Nc2ncnc3sc4c(c23)CCC4)CC1.CCNC1CCC(Nc2ncnc3sc4c(c23)CCC4)CC1. The zero-order chi connectivity index (χ0) is 35.9. The van der Waals surface area contributed by atoms with Gasteiger partial charge in [-0.3, -0.25) is 0 Å². The van der Waals surface area contributed by atoms with E-state index in [0.29, 0.717) is 18.1 Å². The summed E-state index contributed by atoms with van der Waals surface area (Å²) in [4.78, 5) is 35.5. The monoisotopic (exact) mass is 736 g/mol. The standard InChI is InChI=1S/C18H26N4S.C17H24N4S.C3H6O3/c1-3-22(2)13-9-7-12(8-10-13)21-17-16-14-5-4-6-15(14)23-18(16)20-11-19-17;1-2-18-11-6-8-12(9-7-11)21-16-15-13-4-3-5-14(13)22-17(15)20-10-19-16;1-2(4)3(5)6/h11-13H,3-10H2,1-2H3,(H,19,20,21);10-12,18H,2-9H2,1H3,(H,19,20,21);2,4H,1H3,(H,5,6). The lowest BCUT2D eigenvalue weighted by atomic mass is 9.90. The molecule has 0 amide bonds. The average Bonchev–Trinajstić information content (AvgIpc) is 3.92. The van der Waals surface area contributed by atoms with Crippen molar-refractivity contribution in [3.63, 3.8) is 0 Å². The molecule has 0 aromatic carbocycles. The van der Waals surface area contributed by atoms with E-state index in [0.717, 1.165) is 30.8 Å². The van der Waals surface area contributed by atoms with Crippen LogP contribution in [0.5, 0.6) is 0 Å². The molecule has 4 aromatic heterocycles. The van der Waals surface area contributed by atoms with E-state index in [1.165, 1.54) is 138 Å². The molecule has 4 heterocycles. The van der Waals surface area contributed by atoms with Crippen LogP contribution < -0.4 is 16.0 Å². The van der Waals surface area contributed by atoms with Crippen LogP contribution in [-0.2, 0) is 30.5 Å². The minimum absolute atomic E-state index is 0.560. The molecule has 0 radical (unpaired) electrons. The number of hydrogen-bond acceptors (Lipinski definition) is 12. The van der Waals surface area contributed by atoms with Crippen LogP contribution in [0.4, 0.5) is 11.6 Å². The fourth-order valence-electron chi connectivity index (χ4n) is 8.11. The number of anilines is 2. The van der Waals surface area contributed by atoms with Gasteiger partial charge in [-0.2, -0.15) is 0 Å². The van der Waals surface area contributed by atoms with Gasteiger partial charge in [0, 0.05) is 33.9 Å². The summed E-state index contributed by atoms with van der Waals surface area (Å²) in [5.41, 5.74) is 3.04. The number of carbonyl (C=O) groups is 1. The maximum absolute atomic E-state index is 9.45. The number of thiophene rings is 2. The van der Waals surface area contributed by atoms with E-state index < -0.39 is 12.1 Å². The van der Waals surface area contributed by atoms with Gasteiger partial charge < -0.3 is 31.1 Å². The van der Waals surface area contributed by atoms with Crippen molar-refractivity contribution < 1.29 is 15.0 Å². The third-order valence-electron chi connectivity index (χ3n) is 11.1. The lowest BCUT2D eigenvalue weighted by Gasteiger charge is -2.34. The zero-order valence-corrected chi connectivity index (χ0v) is 32.3. The van der Waals surface area contributed by atoms with Crippen LogP contribution in [0.2, 0.25) is 0 Å². The summed E-state index contributed by atoms with van der Waals surface area (Å²) in [6.07, 6.45) is 19.7. The second-order valence-electron chi connectivity index (χ2n) is 14.5. The van der Waals surface area contributed by atoms with E-state index in [-0.39, 0.29) is 0 Å². The molecule has 0 bridgehead atoms. The van der Waals surface area contributed by atoms with Crippen molar-refractivity contribution in [2.75, 3.05) is 30.8 Å². The highest BCUT2D eigenvalue weighted by Crippen LogP contribution is 2.41. The fourth-order valence-corrected chi connectivity index (χ4v) is 10.6. The molecule has 2 fully saturated rings. The number of hydrogen-bond donors (Lipinski definition) is 5. The zero-order valence-electron chi connectivity index (χ0n) is 30.7. The van der Waals surface area contributed by atoms with Gasteiger partial charge in [0.15, 0.2) is 0 Å². The Morgan fingerprint density at radius 1 is 0.784 bits per heavy atom. The molecule has 0 aliphatic heterocycles. The quantitative estimate of drug-likeness (QED) is 0.123. The second-order valence-corrected chi connectivity index (χ2v) is 16.7. The number of fused-ring (bicyclic) bond motifs is 6. The predicted molar refractivity (Wildman–Crippen MR) is 210 cm³/mol. The van der Waals surface area contributed by atoms with Crippen molar-refractivity contribution in [3.8, 4) is 0 Å². The van der Waals surface area contributed by atoms with Crippen molar-refractivity contribution in [1.29, 1.82) is 0 Å². The summed E-state index contributed by atoms with van der Waals surface area (Å²) < 4.78 is 0. The predicted octanol–water partition coefficient (Wildman–Crippen LogP) is 6.82. The molecule has 0 spiro atoms. The van der Waals surface area contributed by atoms with E-state index in [1.807, 2.05) is 22.7 Å². The lowest BCUT2D eigenvalue weighted by Crippen LogP contribution is -2.38. The maximum Gasteiger partial charge on any atom is 0.332 e. The molecule has 2 saturated carbocycles. The molecule has 11 nitrogen and oxygen atoms in total. The summed E-state index contributed by atoms with van der Waals surface area (Å²) >= 11 is 3.74. The minimum atomic E-state index is -1.23. The number of carboxylic acid groups (broad SMARTS) is 1. The Morgan fingerprint density at radius 2 is 1.24 bits per heavy atom. The highest BCUT2D eigenvalue weighted by Gasteiger charge is 2.27. The summed E-state index contributed by atoms with van der Waals surface area (Å²) in [5.74, 6) is 0.980. The van der Waals surface area contributed by atoms with E-state index in [2.05, 4.69) is 61.7 Å². The first-order valence-electron chi connectivity index (χ1n) is 19.1. The molecule has 4 aromatic rings. The van der Waals surface area contributed by atoms with E-state index >= 15 is 0 Å². The van der Waals surface area contributed by atoms with Crippen LogP contribution in [0, 0.1) is 0 Å². The Bertz CT molecular complexity index is 1740. The van der Waals surface area contributed by atoms with E-state index in [9.17, 15) is 4.79 Å². The van der Waals surface area contributed by atoms with Gasteiger partial charge >= 0.3 is 5.97 Å². The molecule has 0 saturated heterocycles. The first kappa shape index (κ1) is 37.8. The summed E-state index contributed by atoms with van der Waals surface area (Å²) in [7, 11) is 2.25. The number of nitrogens with zero attached hydrogens (tertiary/aromatic N) is 5. The Hall–Kier alpha value is -2.97. The molecule has 1 unspecified atom stereocenters. The number of rotatable bonds is 9. The molecule has 13 heteroatoms. The van der Waals surface area contributed by atoms with Crippen LogP contribution >= 0.6 is 22.7 Å². The number of aromatic nitrogens is 4. The van der Waals surface area contributed by atoms with Gasteiger partial charge in [-0.05, 0) is 128 Å². The third kappa shape index (κ3) is 9.16. The Labute approximate surface area is 310 Å². The molecule has 4 aliphatic carbocycles. The first-order chi connectivity index (χ1) is 24.7. The number of aliphatic hydroxyl groups is 1. The van der Waals surface area contributed by atoms with Gasteiger partial charge in [0.1, 0.15) is 40.1 Å². The van der Waals surface area contributed by atoms with Crippen LogP contribution in [0.25, 0.3) is 20.4 Å². The maximum atomic E-state index is 9.45. The topological polar surface area (TPSA) is 148 Å². The normalized spacial score (nSPS) is 23.2. The highest BCUT2D eigenvalue weighted by molar-refractivity contribution is 7.19. The van der Waals surface area contributed by atoms with Crippen LogP contribution in [0.1, 0.15) is 106 Å². The fraction of sp³-hybridized carbons (Fsp3) is 0.658. The van der Waals surface area contributed by atoms with Crippen molar-refractivity contribution in [2.45, 2.75) is 141 Å². The molecule has 1 atom stereocenters. The molecule has 51 heavy (non-hydrogen) atoms. The minimum Gasteiger partial charge on any atom is -0.479 e. The molecule has 278 valence electrons. The third-order valence-corrected chi connectivity index (χ3v) is 13.5. The second kappa shape index (κ2) is 17.7. The van der Waals surface area contributed by atoms with Gasteiger partial charge in [0.25, 0.3) is 0 Å². The molecule has 4 aliphatic rings. The van der Waals surface area contributed by atoms with Crippen molar-refractivity contribution >= 4 is 60.7 Å². The van der Waals surface area contributed by atoms with Gasteiger partial charge in [0.2, 0.25) is 0 Å². The number of aryl methyl sites for hydroxylation is 4. The largest absolute Gasteiger partial charge is 0.479 e. The number of aliphatic hydroxyl groups excluding tert-OH is 1. The molecule has 5 N–H and O–H groups in total. The van der Waals surface area contributed by atoms with Crippen LogP contribution in [0.3, 0.4) is 0 Å². The Balaban J connectivity index is 0.000000152. The van der Waals surface area contributed by atoms with Gasteiger partial charge in [0.05, 0.1) is 10.8 Å². The van der Waals surface area contributed by atoms with E-state index in [1.54, 1.807) is 12.7 Å². The molecular formula is C38H56N8O3S2. The van der Waals surface area contributed by atoms with E-state index in [4.69, 9.17) is 10.2 Å². The summed E-state index contributed by atoms with van der Waals surface area (Å²) in [6.45, 7) is 7.87. The van der Waals surface area contributed by atoms with Gasteiger partial charge in [-0.15, -0.1) is 22.7 Å². The number of carboxylic acids is 1. The van der Waals surface area contributed by atoms with Crippen molar-refractivity contribution in [1.82, 2.24) is 30.2 Å².